The van der Waals surface area contributed by atoms with Crippen molar-refractivity contribution in [3.8, 4) is 0 Å². The third-order valence-corrected chi connectivity index (χ3v) is 5.35. The van der Waals surface area contributed by atoms with Crippen molar-refractivity contribution in [2.45, 2.75) is 32.2 Å². The summed E-state index contributed by atoms with van der Waals surface area (Å²) in [6, 6.07) is 1.76. The van der Waals surface area contributed by atoms with Gasteiger partial charge in [0, 0.05) is 32.1 Å². The molecule has 1 saturated heterocycles. The van der Waals surface area contributed by atoms with Crippen molar-refractivity contribution in [3.63, 3.8) is 0 Å². The smallest absolute Gasteiger partial charge is 0.252 e. The second-order valence-corrected chi connectivity index (χ2v) is 7.42. The maximum atomic E-state index is 14.2. The number of pyridine rings is 1. The molecule has 1 fully saturated rings. The number of aromatic amines is 1. The molecule has 4 rings (SSSR count). The van der Waals surface area contributed by atoms with Crippen molar-refractivity contribution >= 4 is 16.8 Å². The lowest BCUT2D eigenvalue weighted by Crippen LogP contribution is -2.32. The molecular formula is C21H24F2N4O3. The highest BCUT2D eigenvalue weighted by atomic mass is 19.2. The lowest BCUT2D eigenvalue weighted by atomic mass is 10.0. The summed E-state index contributed by atoms with van der Waals surface area (Å²) in [6.07, 6.45) is 3.15. The number of aryl methyl sites for hydroxylation is 1. The zero-order valence-electron chi connectivity index (χ0n) is 16.5. The normalized spacial score (nSPS) is 15.1. The Morgan fingerprint density at radius 1 is 1.33 bits per heavy atom. The van der Waals surface area contributed by atoms with Gasteiger partial charge in [-0.2, -0.15) is 0 Å². The number of fused-ring (bicyclic) bond motifs is 1. The van der Waals surface area contributed by atoms with Gasteiger partial charge in [0.1, 0.15) is 5.82 Å². The summed E-state index contributed by atoms with van der Waals surface area (Å²) in [5.41, 5.74) is 0.961. The molecule has 1 atom stereocenters. The Bertz CT molecular complexity index is 1180. The van der Waals surface area contributed by atoms with Crippen LogP contribution in [-0.2, 0) is 16.0 Å². The number of amides is 1. The van der Waals surface area contributed by atoms with Crippen LogP contribution < -0.4 is 10.9 Å². The fourth-order valence-corrected chi connectivity index (χ4v) is 3.48. The van der Waals surface area contributed by atoms with Gasteiger partial charge in [0.25, 0.3) is 5.56 Å². The lowest BCUT2D eigenvalue weighted by molar-refractivity contribution is -0.121. The largest absolute Gasteiger partial charge is 0.380 e. The number of aromatic nitrogens is 3. The van der Waals surface area contributed by atoms with Gasteiger partial charge >= 0.3 is 0 Å². The van der Waals surface area contributed by atoms with Crippen LogP contribution in [-0.4, -0.2) is 34.1 Å². The molecule has 0 aliphatic carbocycles. The average Bonchev–Trinajstić information content (AvgIpc) is 2.67. The number of hydrogen-bond donors (Lipinski definition) is 2. The second-order valence-electron chi connectivity index (χ2n) is 7.42. The number of ether oxygens (including phenoxy) is 1. The van der Waals surface area contributed by atoms with Crippen molar-refractivity contribution in [2.24, 2.45) is 0 Å². The fraction of sp³-hybridized carbons (Fsp3) is 0.333. The number of nitrogens with zero attached hydrogens (tertiary/aromatic N) is 2. The molecule has 1 unspecified atom stereocenters. The Balaban J connectivity index is 0.00000181. The molecule has 0 radical (unpaired) electrons. The van der Waals surface area contributed by atoms with Crippen LogP contribution in [0.1, 0.15) is 44.3 Å². The van der Waals surface area contributed by atoms with Gasteiger partial charge in [0.05, 0.1) is 31.2 Å². The Hall–Kier alpha value is -3.20. The minimum absolute atomic E-state index is 0. The molecule has 0 saturated carbocycles. The standard InChI is InChI=1S/C21H20F2N4O3.2H2/c1-10-14(21(29)27-16-4-3-15(22)19(23)18(10)16)5-17(28)26-11(2)20-24-6-12(7-25-20)13-8-30-9-13;;/h3-4,6-7,11,13H,5,8-9H2,1-2H3,(H,26,28)(H,27,29);2*1H. The molecule has 2 N–H and O–H groups in total. The van der Waals surface area contributed by atoms with Crippen LogP contribution in [0, 0.1) is 18.6 Å². The van der Waals surface area contributed by atoms with E-state index in [1.807, 2.05) is 0 Å². The van der Waals surface area contributed by atoms with Gasteiger partial charge < -0.3 is 15.0 Å². The van der Waals surface area contributed by atoms with Gasteiger partial charge in [-0.05, 0) is 37.1 Å². The summed E-state index contributed by atoms with van der Waals surface area (Å²) in [5.74, 6) is -1.79. The number of nitrogens with one attached hydrogen (secondary N) is 2. The lowest BCUT2D eigenvalue weighted by Gasteiger charge is -2.25. The van der Waals surface area contributed by atoms with Crippen LogP contribution in [0.5, 0.6) is 0 Å². The van der Waals surface area contributed by atoms with Gasteiger partial charge in [-0.1, -0.05) is 0 Å². The second kappa shape index (κ2) is 7.91. The Morgan fingerprint density at radius 3 is 2.67 bits per heavy atom. The molecule has 30 heavy (non-hydrogen) atoms. The highest BCUT2D eigenvalue weighted by Crippen LogP contribution is 2.24. The molecule has 7 nitrogen and oxygen atoms in total. The van der Waals surface area contributed by atoms with E-state index in [2.05, 4.69) is 20.3 Å². The molecule has 3 aromatic rings. The summed E-state index contributed by atoms with van der Waals surface area (Å²) in [5, 5.41) is 2.70. The highest BCUT2D eigenvalue weighted by molar-refractivity contribution is 5.86. The molecule has 1 aromatic carbocycles. The van der Waals surface area contributed by atoms with E-state index in [-0.39, 0.29) is 31.3 Å². The number of halogens is 2. The topological polar surface area (TPSA) is 97.0 Å². The number of hydrogen-bond acceptors (Lipinski definition) is 5. The maximum absolute atomic E-state index is 14.2. The third kappa shape index (κ3) is 3.68. The van der Waals surface area contributed by atoms with Crippen molar-refractivity contribution in [2.75, 3.05) is 13.2 Å². The van der Waals surface area contributed by atoms with Crippen molar-refractivity contribution in [1.29, 1.82) is 0 Å². The molecule has 0 bridgehead atoms. The van der Waals surface area contributed by atoms with Crippen LogP contribution in [0.2, 0.25) is 0 Å². The summed E-state index contributed by atoms with van der Waals surface area (Å²) in [6.45, 7) is 4.53. The number of carbonyl (C=O) groups is 1. The molecule has 0 spiro atoms. The van der Waals surface area contributed by atoms with E-state index in [4.69, 9.17) is 4.74 Å². The first-order valence-electron chi connectivity index (χ1n) is 9.53. The van der Waals surface area contributed by atoms with E-state index in [1.54, 1.807) is 19.3 Å². The first-order valence-corrected chi connectivity index (χ1v) is 9.53. The Labute approximate surface area is 173 Å². The fourth-order valence-electron chi connectivity index (χ4n) is 3.48. The van der Waals surface area contributed by atoms with E-state index in [9.17, 15) is 18.4 Å². The minimum Gasteiger partial charge on any atom is -0.380 e. The summed E-state index contributed by atoms with van der Waals surface area (Å²) in [4.78, 5) is 36.0. The summed E-state index contributed by atoms with van der Waals surface area (Å²) in [7, 11) is 0. The zero-order valence-corrected chi connectivity index (χ0v) is 16.5. The molecule has 9 heteroatoms. The Kier molecular flexibility index (Phi) is 5.29. The van der Waals surface area contributed by atoms with Crippen molar-refractivity contribution in [1.82, 2.24) is 20.3 Å². The van der Waals surface area contributed by atoms with E-state index in [1.165, 1.54) is 13.0 Å². The Morgan fingerprint density at radius 2 is 2.03 bits per heavy atom. The maximum Gasteiger partial charge on any atom is 0.252 e. The number of rotatable bonds is 5. The SMILES string of the molecule is Cc1c(CC(=O)NC(C)c2ncc(C3COC3)cn2)c(=O)[nH]c2ccc(F)c(F)c12.[HH].[HH]. The van der Waals surface area contributed by atoms with Crippen LogP contribution >= 0.6 is 0 Å². The number of carbonyl (C=O) groups excluding carboxylic acids is 1. The highest BCUT2D eigenvalue weighted by Gasteiger charge is 2.22. The molecule has 2 aromatic heterocycles. The van der Waals surface area contributed by atoms with E-state index >= 15 is 0 Å². The molecule has 1 aliphatic heterocycles. The number of benzene rings is 1. The monoisotopic (exact) mass is 418 g/mol. The van der Waals surface area contributed by atoms with Gasteiger partial charge in [0.2, 0.25) is 5.91 Å². The van der Waals surface area contributed by atoms with E-state index < -0.39 is 29.1 Å². The first-order chi connectivity index (χ1) is 14.3. The molecule has 1 aliphatic rings. The molecule has 1 amide bonds. The third-order valence-electron chi connectivity index (χ3n) is 5.35. The summed E-state index contributed by atoms with van der Waals surface area (Å²) < 4.78 is 33.0. The van der Waals surface area contributed by atoms with Gasteiger partial charge in [-0.25, -0.2) is 18.7 Å². The zero-order chi connectivity index (χ0) is 21.4. The first kappa shape index (κ1) is 20.1. The average molecular weight is 418 g/mol. The molecular weight excluding hydrogens is 394 g/mol. The van der Waals surface area contributed by atoms with Gasteiger partial charge in [-0.3, -0.25) is 9.59 Å². The minimum atomic E-state index is -1.05. The molecule has 3 heterocycles. The molecule has 160 valence electrons. The van der Waals surface area contributed by atoms with Gasteiger partial charge in [0.15, 0.2) is 11.6 Å². The van der Waals surface area contributed by atoms with Crippen LogP contribution in [0.25, 0.3) is 10.9 Å². The van der Waals surface area contributed by atoms with Gasteiger partial charge in [-0.15, -0.1) is 0 Å². The van der Waals surface area contributed by atoms with Crippen molar-refractivity contribution in [3.05, 3.63) is 69.0 Å². The van der Waals surface area contributed by atoms with E-state index in [0.717, 1.165) is 11.6 Å². The van der Waals surface area contributed by atoms with Crippen LogP contribution in [0.3, 0.4) is 0 Å². The quantitative estimate of drug-likeness (QED) is 0.664. The van der Waals surface area contributed by atoms with Crippen molar-refractivity contribution < 1.29 is 21.2 Å². The van der Waals surface area contributed by atoms with Crippen LogP contribution in [0.4, 0.5) is 8.78 Å². The number of H-pyrrole nitrogens is 1. The van der Waals surface area contributed by atoms with Crippen LogP contribution in [0.15, 0.2) is 29.3 Å². The summed E-state index contributed by atoms with van der Waals surface area (Å²) >= 11 is 0. The predicted molar refractivity (Wildman–Crippen MR) is 109 cm³/mol. The predicted octanol–water partition coefficient (Wildman–Crippen LogP) is 2.93. The van der Waals surface area contributed by atoms with E-state index in [0.29, 0.717) is 25.0 Å².